The molecule has 1 saturated heterocycles. The molecule has 1 fully saturated rings. The first-order valence-corrected chi connectivity index (χ1v) is 9.81. The summed E-state index contributed by atoms with van der Waals surface area (Å²) >= 11 is 1.46. The Kier molecular flexibility index (Phi) is 4.93. The van der Waals surface area contributed by atoms with Crippen LogP contribution in [0.5, 0.6) is 5.75 Å². The second-order valence-corrected chi connectivity index (χ2v) is 7.73. The molecular weight excluding hydrogens is 350 g/mol. The minimum Gasteiger partial charge on any atom is -0.493 e. The molecule has 0 bridgehead atoms. The molecule has 1 aromatic heterocycles. The van der Waals surface area contributed by atoms with E-state index in [2.05, 4.69) is 21.7 Å². The van der Waals surface area contributed by atoms with Gasteiger partial charge in [0.1, 0.15) is 5.75 Å². The van der Waals surface area contributed by atoms with Crippen LogP contribution in [0.1, 0.15) is 18.4 Å². The van der Waals surface area contributed by atoms with Crippen molar-refractivity contribution in [2.75, 3.05) is 38.7 Å². The number of thiazole rings is 1. The molecule has 138 valence electrons. The average molecular weight is 373 g/mol. The standard InChI is InChI=1S/C19H23N3O3S/c1-24-12-19(5-7-20-8-6-19)17(23)22-18-21-15(11-26-18)13-2-3-16-14(10-13)4-9-25-16/h2-3,10-11,20H,4-9,12H2,1H3,(H,21,22,23). The van der Waals surface area contributed by atoms with Gasteiger partial charge in [0.25, 0.3) is 0 Å². The largest absolute Gasteiger partial charge is 0.493 e. The molecule has 4 rings (SSSR count). The number of carbonyl (C=O) groups is 1. The second kappa shape index (κ2) is 7.34. The van der Waals surface area contributed by atoms with E-state index in [9.17, 15) is 4.79 Å². The zero-order valence-corrected chi connectivity index (χ0v) is 15.7. The fourth-order valence-corrected chi connectivity index (χ4v) is 4.37. The van der Waals surface area contributed by atoms with Gasteiger partial charge in [-0.3, -0.25) is 4.79 Å². The smallest absolute Gasteiger partial charge is 0.234 e. The number of methoxy groups -OCH3 is 1. The van der Waals surface area contributed by atoms with E-state index >= 15 is 0 Å². The molecule has 1 aromatic carbocycles. The van der Waals surface area contributed by atoms with Gasteiger partial charge in [0.05, 0.1) is 24.3 Å². The Labute approximate surface area is 156 Å². The molecule has 0 aliphatic carbocycles. The van der Waals surface area contributed by atoms with Crippen molar-refractivity contribution in [2.45, 2.75) is 19.3 Å². The molecule has 6 nitrogen and oxygen atoms in total. The summed E-state index contributed by atoms with van der Waals surface area (Å²) in [5.74, 6) is 0.967. The molecule has 7 heteroatoms. The quantitative estimate of drug-likeness (QED) is 0.843. The molecule has 2 N–H and O–H groups in total. The number of rotatable bonds is 5. The van der Waals surface area contributed by atoms with Crippen molar-refractivity contribution in [3.63, 3.8) is 0 Å². The Hall–Kier alpha value is -1.96. The van der Waals surface area contributed by atoms with Gasteiger partial charge in [-0.05, 0) is 49.7 Å². The fourth-order valence-electron chi connectivity index (χ4n) is 3.66. The van der Waals surface area contributed by atoms with Gasteiger partial charge >= 0.3 is 0 Å². The zero-order chi connectivity index (χ0) is 18.0. The third-order valence-corrected chi connectivity index (χ3v) is 5.93. The van der Waals surface area contributed by atoms with Crippen molar-refractivity contribution in [2.24, 2.45) is 5.41 Å². The van der Waals surface area contributed by atoms with E-state index in [1.165, 1.54) is 16.9 Å². The molecule has 2 aromatic rings. The Bertz CT molecular complexity index is 794. The third kappa shape index (κ3) is 3.34. The molecule has 0 unspecified atom stereocenters. The fraction of sp³-hybridized carbons (Fsp3) is 0.474. The highest BCUT2D eigenvalue weighted by molar-refractivity contribution is 7.14. The normalized spacial score (nSPS) is 18.2. The number of nitrogens with one attached hydrogen (secondary N) is 2. The molecule has 2 aliphatic rings. The van der Waals surface area contributed by atoms with Crippen molar-refractivity contribution in [3.05, 3.63) is 29.1 Å². The number of hydrogen-bond acceptors (Lipinski definition) is 6. The lowest BCUT2D eigenvalue weighted by atomic mass is 9.79. The van der Waals surface area contributed by atoms with Crippen molar-refractivity contribution < 1.29 is 14.3 Å². The highest BCUT2D eigenvalue weighted by Crippen LogP contribution is 2.34. The van der Waals surface area contributed by atoms with E-state index < -0.39 is 5.41 Å². The van der Waals surface area contributed by atoms with Gasteiger partial charge in [0, 0.05) is 24.5 Å². The van der Waals surface area contributed by atoms with E-state index in [0.717, 1.165) is 56.0 Å². The van der Waals surface area contributed by atoms with Gasteiger partial charge in [0.15, 0.2) is 5.13 Å². The second-order valence-electron chi connectivity index (χ2n) is 6.88. The monoisotopic (exact) mass is 373 g/mol. The lowest BCUT2D eigenvalue weighted by Gasteiger charge is -2.35. The first kappa shape index (κ1) is 17.5. The number of nitrogens with zero attached hydrogens (tertiary/aromatic N) is 1. The van der Waals surface area contributed by atoms with Crippen LogP contribution < -0.4 is 15.4 Å². The highest BCUT2D eigenvalue weighted by atomic mass is 32.1. The summed E-state index contributed by atoms with van der Waals surface area (Å²) in [5.41, 5.74) is 2.68. The number of amides is 1. The predicted molar refractivity (Wildman–Crippen MR) is 102 cm³/mol. The summed E-state index contributed by atoms with van der Waals surface area (Å²) < 4.78 is 10.9. The molecule has 0 atom stereocenters. The van der Waals surface area contributed by atoms with Gasteiger partial charge in [-0.15, -0.1) is 11.3 Å². The number of ether oxygens (including phenoxy) is 2. The van der Waals surface area contributed by atoms with E-state index in [-0.39, 0.29) is 5.91 Å². The average Bonchev–Trinajstić information content (AvgIpc) is 3.31. The number of carbonyl (C=O) groups excluding carboxylic acids is 1. The molecule has 0 spiro atoms. The van der Waals surface area contributed by atoms with Gasteiger partial charge < -0.3 is 20.1 Å². The van der Waals surface area contributed by atoms with Crippen LogP contribution in [0.4, 0.5) is 5.13 Å². The third-order valence-electron chi connectivity index (χ3n) is 5.17. The van der Waals surface area contributed by atoms with Crippen LogP contribution in [-0.4, -0.2) is 44.3 Å². The minimum absolute atomic E-state index is 0.00380. The van der Waals surface area contributed by atoms with E-state index in [0.29, 0.717) is 11.7 Å². The topological polar surface area (TPSA) is 72.5 Å². The van der Waals surface area contributed by atoms with Crippen molar-refractivity contribution in [3.8, 4) is 17.0 Å². The van der Waals surface area contributed by atoms with Crippen LogP contribution in [0.2, 0.25) is 0 Å². The summed E-state index contributed by atoms with van der Waals surface area (Å²) in [6, 6.07) is 6.14. The van der Waals surface area contributed by atoms with Crippen LogP contribution in [0.15, 0.2) is 23.6 Å². The zero-order valence-electron chi connectivity index (χ0n) is 14.8. The summed E-state index contributed by atoms with van der Waals surface area (Å²) in [6.45, 7) is 2.84. The molecule has 1 amide bonds. The molecule has 0 saturated carbocycles. The van der Waals surface area contributed by atoms with Crippen LogP contribution >= 0.6 is 11.3 Å². The number of piperidine rings is 1. The van der Waals surface area contributed by atoms with E-state index in [4.69, 9.17) is 9.47 Å². The summed E-state index contributed by atoms with van der Waals surface area (Å²) in [5, 5.41) is 8.94. The van der Waals surface area contributed by atoms with Gasteiger partial charge in [-0.25, -0.2) is 4.98 Å². The Morgan fingerprint density at radius 2 is 2.27 bits per heavy atom. The summed E-state index contributed by atoms with van der Waals surface area (Å²) in [7, 11) is 1.65. The van der Waals surface area contributed by atoms with Crippen LogP contribution in [0.3, 0.4) is 0 Å². The number of hydrogen-bond donors (Lipinski definition) is 2. The van der Waals surface area contributed by atoms with Gasteiger partial charge in [-0.2, -0.15) is 0 Å². The number of benzene rings is 1. The maximum Gasteiger partial charge on any atom is 0.234 e. The lowest BCUT2D eigenvalue weighted by molar-refractivity contribution is -0.130. The maximum atomic E-state index is 12.9. The highest BCUT2D eigenvalue weighted by Gasteiger charge is 2.40. The molecule has 0 radical (unpaired) electrons. The Morgan fingerprint density at radius 3 is 3.08 bits per heavy atom. The van der Waals surface area contributed by atoms with Crippen LogP contribution in [0, 0.1) is 5.41 Å². The summed E-state index contributed by atoms with van der Waals surface area (Å²) in [4.78, 5) is 17.5. The predicted octanol–water partition coefficient (Wildman–Crippen LogP) is 2.70. The first-order chi connectivity index (χ1) is 12.7. The minimum atomic E-state index is -0.475. The lowest BCUT2D eigenvalue weighted by Crippen LogP contribution is -2.47. The molecular formula is C19H23N3O3S. The number of fused-ring (bicyclic) bond motifs is 1. The van der Waals surface area contributed by atoms with E-state index in [1.54, 1.807) is 7.11 Å². The molecule has 2 aliphatic heterocycles. The van der Waals surface area contributed by atoms with Crippen molar-refractivity contribution >= 4 is 22.4 Å². The summed E-state index contributed by atoms with van der Waals surface area (Å²) in [6.07, 6.45) is 2.48. The maximum absolute atomic E-state index is 12.9. The Balaban J connectivity index is 1.50. The van der Waals surface area contributed by atoms with Crippen molar-refractivity contribution in [1.82, 2.24) is 10.3 Å². The number of aromatic nitrogens is 1. The first-order valence-electron chi connectivity index (χ1n) is 8.93. The van der Waals surface area contributed by atoms with Gasteiger partial charge in [0.2, 0.25) is 5.91 Å². The van der Waals surface area contributed by atoms with Crippen LogP contribution in [0.25, 0.3) is 11.3 Å². The van der Waals surface area contributed by atoms with Gasteiger partial charge in [-0.1, -0.05) is 0 Å². The number of anilines is 1. The Morgan fingerprint density at radius 1 is 1.42 bits per heavy atom. The van der Waals surface area contributed by atoms with E-state index in [1.807, 2.05) is 17.5 Å². The molecule has 26 heavy (non-hydrogen) atoms. The molecule has 3 heterocycles. The SMILES string of the molecule is COCC1(C(=O)Nc2nc(-c3ccc4c(c3)CCO4)cs2)CCNCC1. The van der Waals surface area contributed by atoms with Crippen LogP contribution in [-0.2, 0) is 16.0 Å². The van der Waals surface area contributed by atoms with Crippen molar-refractivity contribution in [1.29, 1.82) is 0 Å².